The highest BCUT2D eigenvalue weighted by molar-refractivity contribution is 5.83. The van der Waals surface area contributed by atoms with Crippen LogP contribution in [0.4, 0.5) is 0 Å². The Morgan fingerprint density at radius 1 is 1.00 bits per heavy atom. The number of rotatable bonds is 8. The fraction of sp³-hybridized carbons (Fsp3) is 0.300. The fourth-order valence-corrected chi connectivity index (χ4v) is 2.78. The van der Waals surface area contributed by atoms with Crippen LogP contribution in [-0.4, -0.2) is 23.5 Å². The Bertz CT molecular complexity index is 670. The Morgan fingerprint density at radius 3 is 2.12 bits per heavy atom. The highest BCUT2D eigenvalue weighted by Crippen LogP contribution is 2.27. The monoisotopic (exact) mass is 325 g/mol. The van der Waals surface area contributed by atoms with Crippen LogP contribution in [0, 0.1) is 0 Å². The van der Waals surface area contributed by atoms with E-state index in [4.69, 9.17) is 0 Å². The number of carboxylic acids is 1. The number of nitrogens with one attached hydrogen (secondary N) is 1. The topological polar surface area (TPSA) is 66.4 Å². The fourth-order valence-electron chi connectivity index (χ4n) is 2.78. The third-order valence-corrected chi connectivity index (χ3v) is 4.41. The van der Waals surface area contributed by atoms with Crippen LogP contribution >= 0.6 is 0 Å². The maximum Gasteiger partial charge on any atom is 0.315 e. The molecule has 0 fully saturated rings. The van der Waals surface area contributed by atoms with Gasteiger partial charge in [0.2, 0.25) is 5.91 Å². The van der Waals surface area contributed by atoms with Crippen molar-refractivity contribution in [2.45, 2.75) is 31.6 Å². The van der Waals surface area contributed by atoms with Crippen molar-refractivity contribution < 1.29 is 14.7 Å². The van der Waals surface area contributed by atoms with Crippen molar-refractivity contribution in [3.05, 3.63) is 71.8 Å². The summed E-state index contributed by atoms with van der Waals surface area (Å²) in [5.41, 5.74) is 0.711. The van der Waals surface area contributed by atoms with Gasteiger partial charge in [0.05, 0.1) is 0 Å². The summed E-state index contributed by atoms with van der Waals surface area (Å²) in [6, 6.07) is 18.9. The molecule has 4 nitrogen and oxygen atoms in total. The van der Waals surface area contributed by atoms with E-state index in [2.05, 4.69) is 5.32 Å². The second-order valence-electron chi connectivity index (χ2n) is 5.87. The molecular weight excluding hydrogens is 302 g/mol. The molecule has 2 aromatic carbocycles. The first-order valence-corrected chi connectivity index (χ1v) is 8.18. The van der Waals surface area contributed by atoms with Gasteiger partial charge < -0.3 is 10.4 Å². The van der Waals surface area contributed by atoms with Gasteiger partial charge in [-0.05, 0) is 24.0 Å². The van der Waals surface area contributed by atoms with Crippen LogP contribution in [-0.2, 0) is 21.4 Å². The zero-order valence-electron chi connectivity index (χ0n) is 13.9. The number of carboxylic acid groups (broad SMARTS) is 1. The molecule has 0 aliphatic heterocycles. The summed E-state index contributed by atoms with van der Waals surface area (Å²) in [6.45, 7) is 1.92. The smallest absolute Gasteiger partial charge is 0.315 e. The van der Waals surface area contributed by atoms with Gasteiger partial charge in [-0.3, -0.25) is 9.59 Å². The molecule has 0 heterocycles. The van der Waals surface area contributed by atoms with Gasteiger partial charge in [-0.1, -0.05) is 67.6 Å². The van der Waals surface area contributed by atoms with Crippen LogP contribution in [0.15, 0.2) is 60.7 Å². The van der Waals surface area contributed by atoms with Crippen LogP contribution in [0.2, 0.25) is 0 Å². The first-order chi connectivity index (χ1) is 11.6. The summed E-state index contributed by atoms with van der Waals surface area (Å²) < 4.78 is 0. The SMILES string of the molecule is CCC(CNC(=O)CCc1ccccc1)(C(=O)O)c1ccccc1. The Kier molecular flexibility index (Phi) is 6.13. The second kappa shape index (κ2) is 8.29. The third-order valence-electron chi connectivity index (χ3n) is 4.41. The Balaban J connectivity index is 2.00. The molecule has 0 radical (unpaired) electrons. The molecule has 0 saturated heterocycles. The molecule has 0 saturated carbocycles. The first-order valence-electron chi connectivity index (χ1n) is 8.18. The van der Waals surface area contributed by atoms with E-state index in [9.17, 15) is 14.7 Å². The highest BCUT2D eigenvalue weighted by Gasteiger charge is 2.38. The van der Waals surface area contributed by atoms with Crippen molar-refractivity contribution in [2.75, 3.05) is 6.54 Å². The molecule has 2 N–H and O–H groups in total. The van der Waals surface area contributed by atoms with Gasteiger partial charge in [-0.25, -0.2) is 0 Å². The first kappa shape index (κ1) is 17.7. The largest absolute Gasteiger partial charge is 0.481 e. The van der Waals surface area contributed by atoms with Crippen molar-refractivity contribution in [1.82, 2.24) is 5.32 Å². The van der Waals surface area contributed by atoms with E-state index in [1.54, 1.807) is 12.1 Å². The predicted octanol–water partition coefficient (Wildman–Crippen LogP) is 3.17. The summed E-state index contributed by atoms with van der Waals surface area (Å²) in [5, 5.41) is 12.6. The quantitative estimate of drug-likeness (QED) is 0.783. The minimum absolute atomic E-state index is 0.0937. The zero-order chi connectivity index (χ0) is 17.4. The van der Waals surface area contributed by atoms with Crippen LogP contribution < -0.4 is 5.32 Å². The molecular formula is C20H23NO3. The van der Waals surface area contributed by atoms with Crippen molar-refractivity contribution in [3.63, 3.8) is 0 Å². The molecule has 0 aliphatic carbocycles. The Morgan fingerprint density at radius 2 is 1.58 bits per heavy atom. The molecule has 0 spiro atoms. The maximum absolute atomic E-state index is 12.1. The van der Waals surface area contributed by atoms with Gasteiger partial charge in [-0.2, -0.15) is 0 Å². The molecule has 4 heteroatoms. The number of hydrogen-bond acceptors (Lipinski definition) is 2. The summed E-state index contributed by atoms with van der Waals surface area (Å²) in [5.74, 6) is -1.05. The highest BCUT2D eigenvalue weighted by atomic mass is 16.4. The lowest BCUT2D eigenvalue weighted by molar-refractivity contribution is -0.144. The van der Waals surface area contributed by atoms with Gasteiger partial charge in [-0.15, -0.1) is 0 Å². The molecule has 1 amide bonds. The van der Waals surface area contributed by atoms with Gasteiger partial charge in [0.1, 0.15) is 5.41 Å². The maximum atomic E-state index is 12.1. The van der Waals surface area contributed by atoms with E-state index >= 15 is 0 Å². The number of carbonyl (C=O) groups excluding carboxylic acids is 1. The van der Waals surface area contributed by atoms with Gasteiger partial charge in [0.25, 0.3) is 0 Å². The van der Waals surface area contributed by atoms with Crippen molar-refractivity contribution in [3.8, 4) is 0 Å². The molecule has 0 aliphatic rings. The molecule has 0 bridgehead atoms. The van der Waals surface area contributed by atoms with E-state index in [1.807, 2.05) is 55.5 Å². The molecule has 1 atom stereocenters. The Labute approximate surface area is 142 Å². The summed E-state index contributed by atoms with van der Waals surface area (Å²) in [4.78, 5) is 24.0. The third kappa shape index (κ3) is 4.22. The summed E-state index contributed by atoms with van der Waals surface area (Å²) >= 11 is 0. The minimum Gasteiger partial charge on any atom is -0.481 e. The summed E-state index contributed by atoms with van der Waals surface area (Å²) in [6.07, 6.45) is 1.40. The van der Waals surface area contributed by atoms with E-state index in [0.717, 1.165) is 5.56 Å². The van der Waals surface area contributed by atoms with Gasteiger partial charge >= 0.3 is 5.97 Å². The Hall–Kier alpha value is -2.62. The predicted molar refractivity (Wildman–Crippen MR) is 93.8 cm³/mol. The van der Waals surface area contributed by atoms with Gasteiger partial charge in [0, 0.05) is 13.0 Å². The molecule has 0 aromatic heterocycles. The molecule has 1 unspecified atom stereocenters. The van der Waals surface area contributed by atoms with Crippen molar-refractivity contribution in [1.29, 1.82) is 0 Å². The normalized spacial score (nSPS) is 13.0. The molecule has 24 heavy (non-hydrogen) atoms. The standard InChI is InChI=1S/C20H23NO3/c1-2-20(19(23)24,17-11-7-4-8-12-17)15-21-18(22)14-13-16-9-5-3-6-10-16/h3-12H,2,13-15H2,1H3,(H,21,22)(H,23,24). The lowest BCUT2D eigenvalue weighted by atomic mass is 9.78. The van der Waals surface area contributed by atoms with E-state index in [0.29, 0.717) is 24.8 Å². The minimum atomic E-state index is -1.09. The zero-order valence-corrected chi connectivity index (χ0v) is 13.9. The average Bonchev–Trinajstić information content (AvgIpc) is 2.62. The van der Waals surface area contributed by atoms with Crippen LogP contribution in [0.5, 0.6) is 0 Å². The van der Waals surface area contributed by atoms with E-state index in [-0.39, 0.29) is 12.5 Å². The lowest BCUT2D eigenvalue weighted by Gasteiger charge is -2.29. The molecule has 2 rings (SSSR count). The van der Waals surface area contributed by atoms with E-state index in [1.165, 1.54) is 0 Å². The summed E-state index contributed by atoms with van der Waals surface area (Å²) in [7, 11) is 0. The molecule has 2 aromatic rings. The van der Waals surface area contributed by atoms with Crippen LogP contribution in [0.25, 0.3) is 0 Å². The number of aryl methyl sites for hydroxylation is 1. The number of hydrogen-bond donors (Lipinski definition) is 2. The van der Waals surface area contributed by atoms with Crippen molar-refractivity contribution in [2.24, 2.45) is 0 Å². The van der Waals surface area contributed by atoms with Gasteiger partial charge in [0.15, 0.2) is 0 Å². The van der Waals surface area contributed by atoms with E-state index < -0.39 is 11.4 Å². The average molecular weight is 325 g/mol. The van der Waals surface area contributed by atoms with Crippen LogP contribution in [0.3, 0.4) is 0 Å². The lowest BCUT2D eigenvalue weighted by Crippen LogP contribution is -2.46. The number of aliphatic carboxylic acids is 1. The second-order valence-corrected chi connectivity index (χ2v) is 5.87. The number of benzene rings is 2. The van der Waals surface area contributed by atoms with Crippen molar-refractivity contribution >= 4 is 11.9 Å². The molecule has 126 valence electrons. The number of amides is 1. The van der Waals surface area contributed by atoms with Crippen LogP contribution in [0.1, 0.15) is 30.9 Å². The number of carbonyl (C=O) groups is 2.